The second-order valence-electron chi connectivity index (χ2n) is 6.90. The van der Waals surface area contributed by atoms with Gasteiger partial charge in [-0.2, -0.15) is 0 Å². The number of carbonyl (C=O) groups excluding carboxylic acids is 1. The minimum absolute atomic E-state index is 0.124. The molecule has 5 nitrogen and oxygen atoms in total. The molecule has 0 spiro atoms. The first kappa shape index (κ1) is 16.7. The van der Waals surface area contributed by atoms with Gasteiger partial charge in [-0.15, -0.1) is 11.3 Å². The monoisotopic (exact) mass is 356 g/mol. The van der Waals surface area contributed by atoms with Crippen molar-refractivity contribution in [2.24, 2.45) is 0 Å². The largest absolute Gasteiger partial charge is 0.331 e. The molecule has 0 unspecified atom stereocenters. The number of hydrogen-bond donors (Lipinski definition) is 0. The molecule has 2 fully saturated rings. The third-order valence-corrected chi connectivity index (χ3v) is 6.12. The third kappa shape index (κ3) is 3.75. The van der Waals surface area contributed by atoms with Crippen LogP contribution in [0.4, 0.5) is 0 Å². The highest BCUT2D eigenvalue weighted by molar-refractivity contribution is 7.13. The summed E-state index contributed by atoms with van der Waals surface area (Å²) in [5, 5.41) is 1.06. The first-order valence-electron chi connectivity index (χ1n) is 9.19. The number of thiazole rings is 1. The summed E-state index contributed by atoms with van der Waals surface area (Å²) in [4.78, 5) is 27.1. The summed E-state index contributed by atoms with van der Waals surface area (Å²) < 4.78 is 0. The Morgan fingerprint density at radius 2 is 2.00 bits per heavy atom. The van der Waals surface area contributed by atoms with Crippen LogP contribution in [0.2, 0.25) is 0 Å². The molecule has 132 valence electrons. The highest BCUT2D eigenvalue weighted by Gasteiger charge is 2.30. The molecule has 2 saturated heterocycles. The van der Waals surface area contributed by atoms with Crippen LogP contribution in [0.1, 0.15) is 58.4 Å². The van der Waals surface area contributed by atoms with Crippen LogP contribution in [0, 0.1) is 0 Å². The Labute approximate surface area is 152 Å². The lowest BCUT2D eigenvalue weighted by Gasteiger charge is -2.35. The Balaban J connectivity index is 1.49. The SMILES string of the molecule is O=C(c1cnc(CN2CCCC2)s1)N1CCCC[C@H]1c1cccnc1. The van der Waals surface area contributed by atoms with Gasteiger partial charge in [0.25, 0.3) is 5.91 Å². The smallest absolute Gasteiger partial charge is 0.266 e. The van der Waals surface area contributed by atoms with Crippen molar-refractivity contribution in [1.29, 1.82) is 0 Å². The van der Waals surface area contributed by atoms with E-state index < -0.39 is 0 Å². The molecule has 4 rings (SSSR count). The lowest BCUT2D eigenvalue weighted by molar-refractivity contribution is 0.0616. The van der Waals surface area contributed by atoms with Crippen molar-refractivity contribution in [2.75, 3.05) is 19.6 Å². The van der Waals surface area contributed by atoms with Gasteiger partial charge in [-0.05, 0) is 56.8 Å². The maximum absolute atomic E-state index is 13.1. The Morgan fingerprint density at radius 3 is 2.80 bits per heavy atom. The molecule has 0 bridgehead atoms. The molecule has 2 aliphatic rings. The Kier molecular flexibility index (Phi) is 5.08. The molecule has 1 amide bonds. The summed E-state index contributed by atoms with van der Waals surface area (Å²) in [6, 6.07) is 4.17. The maximum atomic E-state index is 13.1. The highest BCUT2D eigenvalue weighted by atomic mass is 32.1. The van der Waals surface area contributed by atoms with Crippen LogP contribution in [0.25, 0.3) is 0 Å². The standard InChI is InChI=1S/C19H24N4OS/c24-19(17-13-21-18(25-17)14-22-9-3-4-10-22)23-11-2-1-7-16(23)15-6-5-8-20-12-15/h5-6,8,12-13,16H,1-4,7,9-11,14H2/t16-/m0/s1. The van der Waals surface area contributed by atoms with Crippen LogP contribution in [0.3, 0.4) is 0 Å². The van der Waals surface area contributed by atoms with Crippen molar-refractivity contribution in [3.8, 4) is 0 Å². The molecular weight excluding hydrogens is 332 g/mol. The summed E-state index contributed by atoms with van der Waals surface area (Å²) in [5.74, 6) is 0.124. The van der Waals surface area contributed by atoms with Gasteiger partial charge < -0.3 is 4.90 Å². The molecule has 2 aliphatic heterocycles. The average molecular weight is 356 g/mol. The third-order valence-electron chi connectivity index (χ3n) is 5.15. The van der Waals surface area contributed by atoms with Crippen molar-refractivity contribution in [3.63, 3.8) is 0 Å². The Morgan fingerprint density at radius 1 is 1.16 bits per heavy atom. The predicted molar refractivity (Wildman–Crippen MR) is 98.5 cm³/mol. The second-order valence-corrected chi connectivity index (χ2v) is 8.01. The van der Waals surface area contributed by atoms with Gasteiger partial charge in [0.05, 0.1) is 18.8 Å². The zero-order valence-corrected chi connectivity index (χ0v) is 15.2. The zero-order chi connectivity index (χ0) is 17.1. The summed E-state index contributed by atoms with van der Waals surface area (Å²) >= 11 is 1.56. The molecule has 0 aromatic carbocycles. The fourth-order valence-corrected chi connectivity index (χ4v) is 4.77. The minimum Gasteiger partial charge on any atom is -0.331 e. The van der Waals surface area contributed by atoms with E-state index in [0.717, 1.165) is 60.9 Å². The molecule has 6 heteroatoms. The van der Waals surface area contributed by atoms with E-state index in [1.54, 1.807) is 23.7 Å². The van der Waals surface area contributed by atoms with E-state index >= 15 is 0 Å². The van der Waals surface area contributed by atoms with Crippen LogP contribution in [0.5, 0.6) is 0 Å². The van der Waals surface area contributed by atoms with E-state index in [0.29, 0.717) is 0 Å². The van der Waals surface area contributed by atoms with Gasteiger partial charge in [-0.1, -0.05) is 6.07 Å². The molecule has 1 atom stereocenters. The number of carbonyl (C=O) groups is 1. The van der Waals surface area contributed by atoms with E-state index in [1.165, 1.54) is 12.8 Å². The number of piperidine rings is 1. The van der Waals surface area contributed by atoms with Crippen molar-refractivity contribution in [2.45, 2.75) is 44.7 Å². The molecular formula is C19H24N4OS. The number of rotatable bonds is 4. The number of aromatic nitrogens is 2. The quantitative estimate of drug-likeness (QED) is 0.841. The van der Waals surface area contributed by atoms with E-state index in [1.807, 2.05) is 17.2 Å². The molecule has 4 heterocycles. The summed E-state index contributed by atoms with van der Waals surface area (Å²) in [7, 11) is 0. The van der Waals surface area contributed by atoms with Crippen molar-refractivity contribution >= 4 is 17.2 Å². The normalized spacial score (nSPS) is 21.6. The van der Waals surface area contributed by atoms with Gasteiger partial charge in [0, 0.05) is 18.9 Å². The number of hydrogen-bond acceptors (Lipinski definition) is 5. The predicted octanol–water partition coefficient (Wildman–Crippen LogP) is 3.50. The van der Waals surface area contributed by atoms with Gasteiger partial charge in [0.2, 0.25) is 0 Å². The van der Waals surface area contributed by atoms with E-state index in [2.05, 4.69) is 20.9 Å². The van der Waals surface area contributed by atoms with E-state index in [4.69, 9.17) is 0 Å². The first-order valence-corrected chi connectivity index (χ1v) is 10.0. The van der Waals surface area contributed by atoms with Crippen LogP contribution < -0.4 is 0 Å². The van der Waals surface area contributed by atoms with Crippen molar-refractivity contribution in [1.82, 2.24) is 19.8 Å². The fourth-order valence-electron chi connectivity index (χ4n) is 3.85. The molecule has 2 aromatic heterocycles. The van der Waals surface area contributed by atoms with E-state index in [9.17, 15) is 4.79 Å². The number of amides is 1. The van der Waals surface area contributed by atoms with Crippen molar-refractivity contribution in [3.05, 3.63) is 46.2 Å². The summed E-state index contributed by atoms with van der Waals surface area (Å²) in [6.45, 7) is 4.00. The zero-order valence-electron chi connectivity index (χ0n) is 14.4. The topological polar surface area (TPSA) is 49.3 Å². The van der Waals surface area contributed by atoms with Gasteiger partial charge in [0.1, 0.15) is 9.88 Å². The van der Waals surface area contributed by atoms with Gasteiger partial charge in [-0.25, -0.2) is 4.98 Å². The number of likely N-dealkylation sites (tertiary alicyclic amines) is 2. The van der Waals surface area contributed by atoms with Gasteiger partial charge in [-0.3, -0.25) is 14.7 Å². The molecule has 2 aromatic rings. The highest BCUT2D eigenvalue weighted by Crippen LogP contribution is 2.32. The average Bonchev–Trinajstić information content (AvgIpc) is 3.34. The van der Waals surface area contributed by atoms with Crippen LogP contribution in [-0.4, -0.2) is 45.3 Å². The van der Waals surface area contributed by atoms with Gasteiger partial charge in [0.15, 0.2) is 0 Å². The van der Waals surface area contributed by atoms with Crippen molar-refractivity contribution < 1.29 is 4.79 Å². The number of pyridine rings is 1. The van der Waals surface area contributed by atoms with Gasteiger partial charge >= 0.3 is 0 Å². The minimum atomic E-state index is 0.124. The lowest BCUT2D eigenvalue weighted by atomic mass is 9.96. The first-order chi connectivity index (χ1) is 12.3. The molecule has 0 aliphatic carbocycles. The Hall–Kier alpha value is -1.79. The molecule has 25 heavy (non-hydrogen) atoms. The second kappa shape index (κ2) is 7.62. The van der Waals surface area contributed by atoms with E-state index in [-0.39, 0.29) is 11.9 Å². The molecule has 0 radical (unpaired) electrons. The van der Waals surface area contributed by atoms with Crippen LogP contribution in [-0.2, 0) is 6.54 Å². The lowest BCUT2D eigenvalue weighted by Crippen LogP contribution is -2.38. The Bertz CT molecular complexity index is 711. The maximum Gasteiger partial charge on any atom is 0.266 e. The van der Waals surface area contributed by atoms with Crippen LogP contribution in [0.15, 0.2) is 30.7 Å². The fraction of sp³-hybridized carbons (Fsp3) is 0.526. The van der Waals surface area contributed by atoms with Crippen LogP contribution >= 0.6 is 11.3 Å². The summed E-state index contributed by atoms with van der Waals surface area (Å²) in [6.07, 6.45) is 11.2. The number of nitrogens with zero attached hydrogens (tertiary/aromatic N) is 4. The molecule has 0 N–H and O–H groups in total. The summed E-state index contributed by atoms with van der Waals surface area (Å²) in [5.41, 5.74) is 1.14. The molecule has 0 saturated carbocycles.